The third-order valence-electron chi connectivity index (χ3n) is 2.58. The van der Waals surface area contributed by atoms with Crippen LogP contribution >= 0.6 is 23.2 Å². The van der Waals surface area contributed by atoms with Gasteiger partial charge in [0, 0.05) is 29.7 Å². The molecule has 0 spiro atoms. The van der Waals surface area contributed by atoms with Gasteiger partial charge in [-0.2, -0.15) is 0 Å². The van der Waals surface area contributed by atoms with Crippen LogP contribution in [0.5, 0.6) is 0 Å². The van der Waals surface area contributed by atoms with Gasteiger partial charge in [-0.05, 0) is 30.2 Å². The van der Waals surface area contributed by atoms with Crippen LogP contribution in [0.4, 0.5) is 0 Å². The molecule has 1 aliphatic heterocycles. The van der Waals surface area contributed by atoms with Crippen LogP contribution < -0.4 is 0 Å². The van der Waals surface area contributed by atoms with Gasteiger partial charge in [-0.1, -0.05) is 23.2 Å². The van der Waals surface area contributed by atoms with E-state index in [4.69, 9.17) is 23.2 Å². The van der Waals surface area contributed by atoms with E-state index in [-0.39, 0.29) is 6.10 Å². The molecule has 1 aliphatic rings. The van der Waals surface area contributed by atoms with Gasteiger partial charge in [0.05, 0.1) is 6.10 Å². The van der Waals surface area contributed by atoms with Gasteiger partial charge in [-0.3, -0.25) is 4.90 Å². The first-order chi connectivity index (χ1) is 7.13. The highest BCUT2D eigenvalue weighted by atomic mass is 35.5. The fourth-order valence-electron chi connectivity index (χ4n) is 1.92. The fraction of sp³-hybridized carbons (Fsp3) is 0.455. The first-order valence-corrected chi connectivity index (χ1v) is 5.74. The number of rotatable bonds is 2. The largest absolute Gasteiger partial charge is 0.392 e. The number of aliphatic hydroxyl groups is 1. The Kier molecular flexibility index (Phi) is 3.52. The molecular weight excluding hydrogens is 233 g/mol. The van der Waals surface area contributed by atoms with Crippen LogP contribution in [0.3, 0.4) is 0 Å². The summed E-state index contributed by atoms with van der Waals surface area (Å²) >= 11 is 11.8. The van der Waals surface area contributed by atoms with Crippen LogP contribution in [0.2, 0.25) is 10.0 Å². The van der Waals surface area contributed by atoms with Crippen molar-refractivity contribution in [1.29, 1.82) is 0 Å². The molecule has 15 heavy (non-hydrogen) atoms. The molecule has 0 bridgehead atoms. The molecule has 1 saturated heterocycles. The van der Waals surface area contributed by atoms with Crippen molar-refractivity contribution < 1.29 is 5.11 Å². The smallest absolute Gasteiger partial charge is 0.0679 e. The molecule has 1 atom stereocenters. The SMILES string of the molecule is O[C@H]1CCN(Cc2cc(Cl)cc(Cl)c2)C1. The van der Waals surface area contributed by atoms with E-state index in [1.54, 1.807) is 6.07 Å². The first kappa shape index (κ1) is 11.2. The van der Waals surface area contributed by atoms with Gasteiger partial charge >= 0.3 is 0 Å². The quantitative estimate of drug-likeness (QED) is 0.866. The summed E-state index contributed by atoms with van der Waals surface area (Å²) < 4.78 is 0. The summed E-state index contributed by atoms with van der Waals surface area (Å²) in [5, 5.41) is 10.7. The number of likely N-dealkylation sites (tertiary alicyclic amines) is 1. The number of hydrogen-bond acceptors (Lipinski definition) is 2. The number of benzene rings is 1. The molecule has 2 nitrogen and oxygen atoms in total. The van der Waals surface area contributed by atoms with Crippen LogP contribution in [-0.2, 0) is 6.54 Å². The number of β-amino-alcohol motifs (C(OH)–C–C–N with tert-alkyl or cyclic N) is 1. The van der Waals surface area contributed by atoms with Gasteiger partial charge in [0.15, 0.2) is 0 Å². The van der Waals surface area contributed by atoms with Gasteiger partial charge in [-0.15, -0.1) is 0 Å². The summed E-state index contributed by atoms with van der Waals surface area (Å²) in [6, 6.07) is 5.56. The summed E-state index contributed by atoms with van der Waals surface area (Å²) in [5.41, 5.74) is 1.10. The van der Waals surface area contributed by atoms with E-state index in [9.17, 15) is 5.11 Å². The highest BCUT2D eigenvalue weighted by molar-refractivity contribution is 6.34. The molecule has 1 fully saturated rings. The van der Waals surface area contributed by atoms with Crippen molar-refractivity contribution >= 4 is 23.2 Å². The summed E-state index contributed by atoms with van der Waals surface area (Å²) in [5.74, 6) is 0. The normalized spacial score (nSPS) is 22.2. The van der Waals surface area contributed by atoms with E-state index in [2.05, 4.69) is 4.90 Å². The minimum Gasteiger partial charge on any atom is -0.392 e. The van der Waals surface area contributed by atoms with Crippen molar-refractivity contribution in [2.45, 2.75) is 19.1 Å². The van der Waals surface area contributed by atoms with Crippen molar-refractivity contribution in [3.63, 3.8) is 0 Å². The van der Waals surface area contributed by atoms with Gasteiger partial charge in [0.2, 0.25) is 0 Å². The molecular formula is C11H13Cl2NO. The standard InChI is InChI=1S/C11H13Cl2NO/c12-9-3-8(4-10(13)5-9)6-14-2-1-11(15)7-14/h3-5,11,15H,1-2,6-7H2/t11-/m0/s1. The Bertz CT molecular complexity index is 336. The molecule has 1 N–H and O–H groups in total. The Morgan fingerprint density at radius 1 is 1.27 bits per heavy atom. The maximum absolute atomic E-state index is 9.39. The number of nitrogens with zero attached hydrogens (tertiary/aromatic N) is 1. The fourth-order valence-corrected chi connectivity index (χ4v) is 2.49. The zero-order valence-corrected chi connectivity index (χ0v) is 9.80. The van der Waals surface area contributed by atoms with Crippen molar-refractivity contribution in [2.75, 3.05) is 13.1 Å². The Hall–Kier alpha value is -0.280. The molecule has 1 heterocycles. The third kappa shape index (κ3) is 3.08. The molecule has 0 saturated carbocycles. The van der Waals surface area contributed by atoms with E-state index in [1.807, 2.05) is 12.1 Å². The predicted molar refractivity (Wildman–Crippen MR) is 62.4 cm³/mol. The summed E-state index contributed by atoms with van der Waals surface area (Å²) in [7, 11) is 0. The minimum absolute atomic E-state index is 0.181. The van der Waals surface area contributed by atoms with Gasteiger partial charge in [0.1, 0.15) is 0 Å². The minimum atomic E-state index is -0.181. The van der Waals surface area contributed by atoms with Gasteiger partial charge < -0.3 is 5.11 Å². The van der Waals surface area contributed by atoms with Crippen molar-refractivity contribution in [3.8, 4) is 0 Å². The molecule has 0 unspecified atom stereocenters. The van der Waals surface area contributed by atoms with E-state index in [0.29, 0.717) is 10.0 Å². The summed E-state index contributed by atoms with van der Waals surface area (Å²) in [6.45, 7) is 2.48. The Morgan fingerprint density at radius 3 is 2.47 bits per heavy atom. The second-order valence-corrected chi connectivity index (χ2v) is 4.83. The second-order valence-electron chi connectivity index (χ2n) is 3.96. The molecule has 1 aromatic rings. The van der Waals surface area contributed by atoms with Crippen LogP contribution in [0.15, 0.2) is 18.2 Å². The van der Waals surface area contributed by atoms with Crippen LogP contribution in [0.1, 0.15) is 12.0 Å². The lowest BCUT2D eigenvalue weighted by molar-refractivity contribution is 0.175. The van der Waals surface area contributed by atoms with E-state index in [0.717, 1.165) is 31.6 Å². The van der Waals surface area contributed by atoms with Crippen LogP contribution in [-0.4, -0.2) is 29.2 Å². The lowest BCUT2D eigenvalue weighted by Gasteiger charge is -2.15. The highest BCUT2D eigenvalue weighted by Crippen LogP contribution is 2.21. The molecule has 1 aromatic carbocycles. The molecule has 2 rings (SSSR count). The maximum Gasteiger partial charge on any atom is 0.0679 e. The van der Waals surface area contributed by atoms with Crippen molar-refractivity contribution in [2.24, 2.45) is 0 Å². The molecule has 0 amide bonds. The zero-order chi connectivity index (χ0) is 10.8. The topological polar surface area (TPSA) is 23.5 Å². The molecule has 4 heteroatoms. The Morgan fingerprint density at radius 2 is 1.93 bits per heavy atom. The Balaban J connectivity index is 2.04. The monoisotopic (exact) mass is 245 g/mol. The third-order valence-corrected chi connectivity index (χ3v) is 3.01. The predicted octanol–water partition coefficient (Wildman–Crippen LogP) is 2.56. The maximum atomic E-state index is 9.39. The average molecular weight is 246 g/mol. The highest BCUT2D eigenvalue weighted by Gasteiger charge is 2.19. The Labute approximate surface area is 99.4 Å². The summed E-state index contributed by atoms with van der Waals surface area (Å²) in [4.78, 5) is 2.20. The number of hydrogen-bond donors (Lipinski definition) is 1. The average Bonchev–Trinajstić information content (AvgIpc) is 2.49. The zero-order valence-electron chi connectivity index (χ0n) is 8.29. The lowest BCUT2D eigenvalue weighted by atomic mass is 10.2. The number of aliphatic hydroxyl groups excluding tert-OH is 1. The number of halogens is 2. The van der Waals surface area contributed by atoms with Crippen LogP contribution in [0, 0.1) is 0 Å². The van der Waals surface area contributed by atoms with Gasteiger partial charge in [-0.25, -0.2) is 0 Å². The second kappa shape index (κ2) is 4.71. The molecule has 0 aromatic heterocycles. The van der Waals surface area contributed by atoms with E-state index in [1.165, 1.54) is 0 Å². The molecule has 82 valence electrons. The van der Waals surface area contributed by atoms with E-state index < -0.39 is 0 Å². The van der Waals surface area contributed by atoms with Crippen LogP contribution in [0.25, 0.3) is 0 Å². The summed E-state index contributed by atoms with van der Waals surface area (Å²) in [6.07, 6.45) is 0.675. The lowest BCUT2D eigenvalue weighted by Crippen LogP contribution is -2.21. The molecule has 0 aliphatic carbocycles. The molecule has 0 radical (unpaired) electrons. The first-order valence-electron chi connectivity index (χ1n) is 4.99. The van der Waals surface area contributed by atoms with Crippen molar-refractivity contribution in [1.82, 2.24) is 4.90 Å². The van der Waals surface area contributed by atoms with Crippen molar-refractivity contribution in [3.05, 3.63) is 33.8 Å². The van der Waals surface area contributed by atoms with Gasteiger partial charge in [0.25, 0.3) is 0 Å². The van der Waals surface area contributed by atoms with E-state index >= 15 is 0 Å².